The summed E-state index contributed by atoms with van der Waals surface area (Å²) in [5.74, 6) is 0.121. The topological polar surface area (TPSA) is 93.0 Å². The molecule has 9 heteroatoms. The van der Waals surface area contributed by atoms with E-state index in [1.165, 1.54) is 37.6 Å². The zero-order chi connectivity index (χ0) is 18.6. The fraction of sp³-hybridized carbons (Fsp3) is 0.250. The van der Waals surface area contributed by atoms with Crippen LogP contribution in [0.3, 0.4) is 0 Å². The first-order valence-corrected chi connectivity index (χ1v) is 8.73. The Bertz CT molecular complexity index is 853. The average Bonchev–Trinajstić information content (AvgIpc) is 2.59. The van der Waals surface area contributed by atoms with Crippen molar-refractivity contribution in [1.82, 2.24) is 4.31 Å². The summed E-state index contributed by atoms with van der Waals surface area (Å²) in [5.41, 5.74) is 0.728. The number of anilines is 1. The van der Waals surface area contributed by atoms with Gasteiger partial charge < -0.3 is 4.74 Å². The van der Waals surface area contributed by atoms with Gasteiger partial charge in [-0.3, -0.25) is 14.4 Å². The molecular formula is C16H19N3O5S. The van der Waals surface area contributed by atoms with Crippen LogP contribution in [0.4, 0.5) is 11.4 Å². The van der Waals surface area contributed by atoms with Crippen LogP contribution in [0.15, 0.2) is 48.5 Å². The zero-order valence-corrected chi connectivity index (χ0v) is 14.9. The number of para-hydroxylation sites is 1. The molecule has 0 heterocycles. The number of hydrogen-bond acceptors (Lipinski definition) is 5. The van der Waals surface area contributed by atoms with Crippen molar-refractivity contribution in [2.75, 3.05) is 25.5 Å². The molecule has 25 heavy (non-hydrogen) atoms. The second-order valence-electron chi connectivity index (χ2n) is 5.40. The van der Waals surface area contributed by atoms with Crippen LogP contribution < -0.4 is 9.04 Å². The van der Waals surface area contributed by atoms with Gasteiger partial charge >= 0.3 is 15.9 Å². The van der Waals surface area contributed by atoms with Gasteiger partial charge in [0.05, 0.1) is 24.3 Å². The summed E-state index contributed by atoms with van der Waals surface area (Å²) >= 11 is 0. The van der Waals surface area contributed by atoms with Crippen LogP contribution in [0.5, 0.6) is 5.75 Å². The smallest absolute Gasteiger partial charge is 0.311 e. The molecule has 0 N–H and O–H groups in total. The summed E-state index contributed by atoms with van der Waals surface area (Å²) in [6, 6.07) is 12.9. The molecule has 2 aromatic carbocycles. The molecule has 0 amide bonds. The molecule has 0 aliphatic carbocycles. The summed E-state index contributed by atoms with van der Waals surface area (Å²) in [6.45, 7) is -0.0463. The van der Waals surface area contributed by atoms with Crippen molar-refractivity contribution < 1.29 is 18.1 Å². The van der Waals surface area contributed by atoms with Crippen molar-refractivity contribution in [2.45, 2.75) is 6.54 Å². The summed E-state index contributed by atoms with van der Waals surface area (Å²) in [7, 11) is 0.433. The van der Waals surface area contributed by atoms with Crippen LogP contribution in [0.1, 0.15) is 5.56 Å². The molecule has 0 spiro atoms. The Morgan fingerprint density at radius 3 is 2.28 bits per heavy atom. The predicted octanol–water partition coefficient (Wildman–Crippen LogP) is 2.42. The number of benzene rings is 2. The van der Waals surface area contributed by atoms with Crippen molar-refractivity contribution in [3.63, 3.8) is 0 Å². The molecule has 0 radical (unpaired) electrons. The quantitative estimate of drug-likeness (QED) is 0.555. The first-order valence-electron chi connectivity index (χ1n) is 7.34. The number of methoxy groups -OCH3 is 1. The molecule has 0 aliphatic rings. The lowest BCUT2D eigenvalue weighted by atomic mass is 10.2. The molecular weight excluding hydrogens is 346 g/mol. The van der Waals surface area contributed by atoms with Crippen molar-refractivity contribution in [1.29, 1.82) is 0 Å². The van der Waals surface area contributed by atoms with E-state index >= 15 is 0 Å². The minimum atomic E-state index is -3.77. The standard InChI is InChI=1S/C16H19N3O5S/c1-17(2)25(22,23)18(14-7-5-4-6-8-14)12-13-9-10-16(24-3)15(11-13)19(20)21/h4-11H,12H2,1-3H3. The van der Waals surface area contributed by atoms with Crippen LogP contribution in [0, 0.1) is 10.1 Å². The van der Waals surface area contributed by atoms with Crippen LogP contribution in [-0.2, 0) is 16.8 Å². The van der Waals surface area contributed by atoms with Crippen molar-refractivity contribution in [3.8, 4) is 5.75 Å². The van der Waals surface area contributed by atoms with Crippen molar-refractivity contribution >= 4 is 21.6 Å². The Labute approximate surface area is 146 Å². The van der Waals surface area contributed by atoms with Crippen molar-refractivity contribution in [3.05, 3.63) is 64.2 Å². The highest BCUT2D eigenvalue weighted by atomic mass is 32.2. The lowest BCUT2D eigenvalue weighted by Gasteiger charge is -2.27. The van der Waals surface area contributed by atoms with E-state index in [0.29, 0.717) is 11.3 Å². The Kier molecular flexibility index (Phi) is 5.60. The van der Waals surface area contributed by atoms with Crippen LogP contribution >= 0.6 is 0 Å². The minimum Gasteiger partial charge on any atom is -0.490 e. The summed E-state index contributed by atoms with van der Waals surface area (Å²) in [5, 5.41) is 11.2. The number of hydrogen-bond donors (Lipinski definition) is 0. The maximum Gasteiger partial charge on any atom is 0.311 e. The van der Waals surface area contributed by atoms with Gasteiger partial charge in [-0.1, -0.05) is 24.3 Å². The predicted molar refractivity (Wildman–Crippen MR) is 94.9 cm³/mol. The van der Waals surface area contributed by atoms with Gasteiger partial charge in [-0.15, -0.1) is 0 Å². The molecule has 0 atom stereocenters. The molecule has 134 valence electrons. The van der Waals surface area contributed by atoms with E-state index in [-0.39, 0.29) is 18.0 Å². The monoisotopic (exact) mass is 365 g/mol. The highest BCUT2D eigenvalue weighted by molar-refractivity contribution is 7.90. The second-order valence-corrected chi connectivity index (χ2v) is 7.46. The number of rotatable bonds is 7. The van der Waals surface area contributed by atoms with Crippen LogP contribution in [0.2, 0.25) is 0 Å². The van der Waals surface area contributed by atoms with Crippen LogP contribution in [0.25, 0.3) is 0 Å². The third-order valence-corrected chi connectivity index (χ3v) is 5.37. The van der Waals surface area contributed by atoms with E-state index in [2.05, 4.69) is 0 Å². The molecule has 0 bridgehead atoms. The number of nitrogens with zero attached hydrogens (tertiary/aromatic N) is 3. The molecule has 0 aromatic heterocycles. The van der Waals surface area contributed by atoms with Gasteiger partial charge in [-0.2, -0.15) is 12.7 Å². The molecule has 8 nitrogen and oxygen atoms in total. The Morgan fingerprint density at radius 2 is 1.76 bits per heavy atom. The molecule has 0 saturated carbocycles. The molecule has 2 rings (SSSR count). The zero-order valence-electron chi connectivity index (χ0n) is 14.1. The van der Waals surface area contributed by atoms with E-state index in [0.717, 1.165) is 4.31 Å². The molecule has 0 aliphatic heterocycles. The number of nitro groups is 1. The average molecular weight is 365 g/mol. The third-order valence-electron chi connectivity index (χ3n) is 3.55. The van der Waals surface area contributed by atoms with Gasteiger partial charge in [-0.25, -0.2) is 0 Å². The lowest BCUT2D eigenvalue weighted by Crippen LogP contribution is -2.39. The highest BCUT2D eigenvalue weighted by Crippen LogP contribution is 2.29. The number of nitro benzene ring substituents is 1. The summed E-state index contributed by atoms with van der Waals surface area (Å²) in [4.78, 5) is 10.6. The Hall–Kier alpha value is -2.65. The summed E-state index contributed by atoms with van der Waals surface area (Å²) < 4.78 is 32.6. The minimum absolute atomic E-state index is 0.0463. The van der Waals surface area contributed by atoms with Gasteiger partial charge in [0.15, 0.2) is 5.75 Å². The van der Waals surface area contributed by atoms with Gasteiger partial charge in [-0.05, 0) is 23.8 Å². The molecule has 0 saturated heterocycles. The molecule has 0 fully saturated rings. The van der Waals surface area contributed by atoms with E-state index in [9.17, 15) is 18.5 Å². The van der Waals surface area contributed by atoms with Gasteiger partial charge in [0, 0.05) is 20.2 Å². The van der Waals surface area contributed by atoms with E-state index in [1.54, 1.807) is 36.4 Å². The largest absolute Gasteiger partial charge is 0.490 e. The molecule has 2 aromatic rings. The molecule has 0 unspecified atom stereocenters. The van der Waals surface area contributed by atoms with E-state index < -0.39 is 15.1 Å². The highest BCUT2D eigenvalue weighted by Gasteiger charge is 2.26. The fourth-order valence-electron chi connectivity index (χ4n) is 2.24. The SMILES string of the molecule is COc1ccc(CN(c2ccccc2)S(=O)(=O)N(C)C)cc1[N+](=O)[O-]. The van der Waals surface area contributed by atoms with Crippen molar-refractivity contribution in [2.24, 2.45) is 0 Å². The van der Waals surface area contributed by atoms with E-state index in [1.807, 2.05) is 0 Å². The van der Waals surface area contributed by atoms with Gasteiger partial charge in [0.2, 0.25) is 0 Å². The summed E-state index contributed by atoms with van der Waals surface area (Å²) in [6.07, 6.45) is 0. The van der Waals surface area contributed by atoms with E-state index in [4.69, 9.17) is 4.74 Å². The Morgan fingerprint density at radius 1 is 1.12 bits per heavy atom. The number of ether oxygens (including phenoxy) is 1. The lowest BCUT2D eigenvalue weighted by molar-refractivity contribution is -0.385. The maximum atomic E-state index is 12.7. The second kappa shape index (κ2) is 7.49. The first-order chi connectivity index (χ1) is 11.8. The first kappa shape index (κ1) is 18.7. The van der Waals surface area contributed by atoms with Gasteiger partial charge in [0.25, 0.3) is 0 Å². The maximum absolute atomic E-state index is 12.7. The normalized spacial score (nSPS) is 11.4. The third kappa shape index (κ3) is 4.06. The fourth-order valence-corrected chi connectivity index (χ4v) is 3.33. The van der Waals surface area contributed by atoms with Crippen LogP contribution in [-0.4, -0.2) is 38.9 Å². The Balaban J connectivity index is 2.48. The van der Waals surface area contributed by atoms with Gasteiger partial charge in [0.1, 0.15) is 0 Å².